The molecule has 2 aromatic rings. The molecule has 2 aromatic heterocycles. The van der Waals surface area contributed by atoms with E-state index in [1.54, 1.807) is 7.05 Å². The number of thiophene rings is 1. The number of anilines is 1. The molecule has 2 heterocycles. The van der Waals surface area contributed by atoms with Crippen LogP contribution in [0.3, 0.4) is 0 Å². The van der Waals surface area contributed by atoms with E-state index in [9.17, 15) is 0 Å². The highest BCUT2D eigenvalue weighted by atomic mass is 35.5. The maximum absolute atomic E-state index is 5.89. The number of nitrogens with one attached hydrogen (secondary N) is 1. The fourth-order valence-electron chi connectivity index (χ4n) is 1.21. The van der Waals surface area contributed by atoms with E-state index in [0.29, 0.717) is 28.7 Å². The van der Waals surface area contributed by atoms with Crippen LogP contribution in [0.4, 0.5) is 5.95 Å². The molecule has 0 atom stereocenters. The van der Waals surface area contributed by atoms with Gasteiger partial charge in [-0.2, -0.15) is 15.0 Å². The third-order valence-electron chi connectivity index (χ3n) is 1.91. The number of halogens is 1. The molecule has 0 saturated carbocycles. The van der Waals surface area contributed by atoms with Gasteiger partial charge in [0.15, 0.2) is 5.82 Å². The van der Waals surface area contributed by atoms with E-state index in [1.807, 2.05) is 19.1 Å². The van der Waals surface area contributed by atoms with Crippen molar-refractivity contribution in [3.63, 3.8) is 0 Å². The number of aromatic nitrogens is 3. The fourth-order valence-corrected chi connectivity index (χ4v) is 2.18. The van der Waals surface area contributed by atoms with Crippen LogP contribution in [-0.2, 0) is 0 Å². The largest absolute Gasteiger partial charge is 0.464 e. The summed E-state index contributed by atoms with van der Waals surface area (Å²) in [4.78, 5) is 13.5. The van der Waals surface area contributed by atoms with Gasteiger partial charge in [0.2, 0.25) is 5.95 Å². The maximum atomic E-state index is 5.89. The molecule has 1 N–H and O–H groups in total. The quantitative estimate of drug-likeness (QED) is 0.926. The molecule has 0 radical (unpaired) electrons. The molecule has 0 bridgehead atoms. The second-order valence-electron chi connectivity index (χ2n) is 3.05. The van der Waals surface area contributed by atoms with Crippen molar-refractivity contribution in [3.05, 3.63) is 16.5 Å². The lowest BCUT2D eigenvalue weighted by molar-refractivity contribution is 0.312. The summed E-state index contributed by atoms with van der Waals surface area (Å²) in [5.41, 5.74) is 0. The highest BCUT2D eigenvalue weighted by molar-refractivity contribution is 7.19. The number of nitrogens with zero attached hydrogens (tertiary/aromatic N) is 3. The van der Waals surface area contributed by atoms with Crippen LogP contribution in [0.1, 0.15) is 6.92 Å². The smallest absolute Gasteiger partial charge is 0.321 e. The Hall–Kier alpha value is -1.40. The predicted molar refractivity (Wildman–Crippen MR) is 68.9 cm³/mol. The zero-order chi connectivity index (χ0) is 12.3. The van der Waals surface area contributed by atoms with E-state index >= 15 is 0 Å². The van der Waals surface area contributed by atoms with Gasteiger partial charge in [0, 0.05) is 7.05 Å². The number of hydrogen-bond donors (Lipinski definition) is 1. The van der Waals surface area contributed by atoms with Crippen LogP contribution in [-0.4, -0.2) is 28.6 Å². The van der Waals surface area contributed by atoms with Crippen LogP contribution in [0.15, 0.2) is 12.1 Å². The molecule has 0 aliphatic rings. The summed E-state index contributed by atoms with van der Waals surface area (Å²) in [6.07, 6.45) is 0. The summed E-state index contributed by atoms with van der Waals surface area (Å²) in [5, 5.41) is 2.87. The molecule has 0 unspecified atom stereocenters. The van der Waals surface area contributed by atoms with Crippen molar-refractivity contribution >= 4 is 28.9 Å². The number of hydrogen-bond acceptors (Lipinski definition) is 6. The van der Waals surface area contributed by atoms with E-state index in [-0.39, 0.29) is 0 Å². The van der Waals surface area contributed by atoms with Crippen molar-refractivity contribution in [2.24, 2.45) is 0 Å². The van der Waals surface area contributed by atoms with E-state index < -0.39 is 0 Å². The normalized spacial score (nSPS) is 10.3. The molecule has 0 aromatic carbocycles. The summed E-state index contributed by atoms with van der Waals surface area (Å²) < 4.78 is 5.99. The Kier molecular flexibility index (Phi) is 3.75. The molecule has 0 spiro atoms. The summed E-state index contributed by atoms with van der Waals surface area (Å²) in [5.74, 6) is 1.03. The van der Waals surface area contributed by atoms with Crippen molar-refractivity contribution in [1.82, 2.24) is 15.0 Å². The Bertz CT molecular complexity index is 517. The van der Waals surface area contributed by atoms with Crippen molar-refractivity contribution < 1.29 is 4.74 Å². The van der Waals surface area contributed by atoms with Gasteiger partial charge in [-0.3, -0.25) is 0 Å². The first-order valence-corrected chi connectivity index (χ1v) is 6.24. The van der Waals surface area contributed by atoms with Gasteiger partial charge < -0.3 is 10.1 Å². The Morgan fingerprint density at radius 1 is 1.35 bits per heavy atom. The zero-order valence-corrected chi connectivity index (χ0v) is 11.0. The Morgan fingerprint density at radius 3 is 2.76 bits per heavy atom. The lowest BCUT2D eigenvalue weighted by Gasteiger charge is -2.05. The van der Waals surface area contributed by atoms with Gasteiger partial charge in [-0.25, -0.2) is 0 Å². The third kappa shape index (κ3) is 2.83. The molecule has 0 aliphatic heterocycles. The van der Waals surface area contributed by atoms with Crippen molar-refractivity contribution in [1.29, 1.82) is 0 Å². The Morgan fingerprint density at radius 2 is 2.18 bits per heavy atom. The molecule has 5 nitrogen and oxygen atoms in total. The molecule has 2 rings (SSSR count). The molecule has 0 saturated heterocycles. The summed E-state index contributed by atoms with van der Waals surface area (Å²) in [7, 11) is 1.75. The van der Waals surface area contributed by atoms with Crippen LogP contribution in [0.25, 0.3) is 10.7 Å². The zero-order valence-electron chi connectivity index (χ0n) is 9.40. The molecule has 17 heavy (non-hydrogen) atoms. The van der Waals surface area contributed by atoms with Crippen LogP contribution < -0.4 is 10.1 Å². The summed E-state index contributed by atoms with van der Waals surface area (Å²) in [6.45, 7) is 2.39. The van der Waals surface area contributed by atoms with Crippen LogP contribution in [0, 0.1) is 0 Å². The standard InChI is InChI=1S/C10H11ClN4OS/c1-3-16-10-14-8(13-9(12-2)15-10)6-4-5-7(11)17-6/h4-5H,3H2,1-2H3,(H,12,13,14,15). The lowest BCUT2D eigenvalue weighted by atomic mass is 10.4. The molecule has 0 fully saturated rings. The average molecular weight is 271 g/mol. The molecule has 0 aliphatic carbocycles. The van der Waals surface area contributed by atoms with Crippen molar-refractivity contribution in [2.75, 3.05) is 19.0 Å². The Balaban J connectivity index is 2.42. The first-order valence-electron chi connectivity index (χ1n) is 5.05. The van der Waals surface area contributed by atoms with Crippen LogP contribution in [0.5, 0.6) is 6.01 Å². The molecular weight excluding hydrogens is 260 g/mol. The monoisotopic (exact) mass is 270 g/mol. The van der Waals surface area contributed by atoms with E-state index in [1.165, 1.54) is 11.3 Å². The highest BCUT2D eigenvalue weighted by Gasteiger charge is 2.10. The minimum absolute atomic E-state index is 0.311. The topological polar surface area (TPSA) is 59.9 Å². The van der Waals surface area contributed by atoms with Crippen molar-refractivity contribution in [3.8, 4) is 16.7 Å². The summed E-state index contributed by atoms with van der Waals surface area (Å²) in [6, 6.07) is 3.99. The highest BCUT2D eigenvalue weighted by Crippen LogP contribution is 2.29. The molecule has 7 heteroatoms. The van der Waals surface area contributed by atoms with E-state index in [2.05, 4.69) is 20.3 Å². The predicted octanol–water partition coefficient (Wildman–Crippen LogP) is 2.69. The van der Waals surface area contributed by atoms with Gasteiger partial charge in [0.25, 0.3) is 0 Å². The van der Waals surface area contributed by atoms with Crippen molar-refractivity contribution in [2.45, 2.75) is 6.92 Å². The molecule has 90 valence electrons. The van der Waals surface area contributed by atoms with E-state index in [0.717, 1.165) is 4.88 Å². The first kappa shape index (κ1) is 12.1. The van der Waals surface area contributed by atoms with Crippen LogP contribution in [0.2, 0.25) is 4.34 Å². The minimum atomic E-state index is 0.311. The number of ether oxygens (including phenoxy) is 1. The Labute approximate surface area is 108 Å². The van der Waals surface area contributed by atoms with Gasteiger partial charge >= 0.3 is 6.01 Å². The number of rotatable bonds is 4. The molecule has 0 amide bonds. The third-order valence-corrected chi connectivity index (χ3v) is 3.13. The maximum Gasteiger partial charge on any atom is 0.321 e. The molecular formula is C10H11ClN4OS. The van der Waals surface area contributed by atoms with Gasteiger partial charge in [0.05, 0.1) is 15.8 Å². The lowest BCUT2D eigenvalue weighted by Crippen LogP contribution is -2.04. The van der Waals surface area contributed by atoms with Crippen LogP contribution >= 0.6 is 22.9 Å². The SMILES string of the molecule is CCOc1nc(NC)nc(-c2ccc(Cl)s2)n1. The second-order valence-corrected chi connectivity index (χ2v) is 4.77. The van der Waals surface area contributed by atoms with E-state index in [4.69, 9.17) is 16.3 Å². The van der Waals surface area contributed by atoms with Gasteiger partial charge in [-0.15, -0.1) is 11.3 Å². The van der Waals surface area contributed by atoms with Gasteiger partial charge in [0.1, 0.15) is 0 Å². The van der Waals surface area contributed by atoms with Gasteiger partial charge in [-0.05, 0) is 19.1 Å². The summed E-state index contributed by atoms with van der Waals surface area (Å²) >= 11 is 7.30. The average Bonchev–Trinajstić information content (AvgIpc) is 2.76. The second kappa shape index (κ2) is 5.29. The first-order chi connectivity index (χ1) is 8.22. The van der Waals surface area contributed by atoms with Gasteiger partial charge in [-0.1, -0.05) is 11.6 Å². The fraction of sp³-hybridized carbons (Fsp3) is 0.300. The minimum Gasteiger partial charge on any atom is -0.464 e.